The van der Waals surface area contributed by atoms with Crippen molar-refractivity contribution in [1.82, 2.24) is 15.1 Å². The predicted octanol–water partition coefficient (Wildman–Crippen LogP) is 4.28. The molecule has 1 aromatic heterocycles. The van der Waals surface area contributed by atoms with Crippen LogP contribution < -0.4 is 5.32 Å². The first-order chi connectivity index (χ1) is 13.7. The van der Waals surface area contributed by atoms with Crippen molar-refractivity contribution in [2.75, 3.05) is 0 Å². The van der Waals surface area contributed by atoms with E-state index in [0.29, 0.717) is 5.56 Å². The van der Waals surface area contributed by atoms with Gasteiger partial charge < -0.3 is 5.32 Å². The largest absolute Gasteiger partial charge is 0.346 e. The van der Waals surface area contributed by atoms with Crippen LogP contribution in [0.1, 0.15) is 41.3 Å². The van der Waals surface area contributed by atoms with E-state index < -0.39 is 0 Å². The highest BCUT2D eigenvalue weighted by Gasteiger charge is 2.25. The van der Waals surface area contributed by atoms with E-state index in [1.807, 2.05) is 29.1 Å². The molecular formula is C23H22FN3O. The Morgan fingerprint density at radius 1 is 1.21 bits per heavy atom. The third kappa shape index (κ3) is 4.19. The number of halogens is 1. The molecule has 0 aliphatic heterocycles. The van der Waals surface area contributed by atoms with Crippen LogP contribution in [0.15, 0.2) is 66.9 Å². The number of hydrogen-bond donors (Lipinski definition) is 1. The molecule has 1 aliphatic rings. The van der Waals surface area contributed by atoms with Crippen LogP contribution in [0.4, 0.5) is 4.39 Å². The van der Waals surface area contributed by atoms with E-state index in [-0.39, 0.29) is 17.8 Å². The van der Waals surface area contributed by atoms with Crippen LogP contribution in [0.5, 0.6) is 0 Å². The maximum atomic E-state index is 13.2. The van der Waals surface area contributed by atoms with Gasteiger partial charge >= 0.3 is 0 Å². The molecule has 0 spiro atoms. The fraction of sp³-hybridized carbons (Fsp3) is 0.217. The highest BCUT2D eigenvalue weighted by molar-refractivity contribution is 5.92. The number of amides is 1. The molecule has 3 aromatic rings. The van der Waals surface area contributed by atoms with Crippen molar-refractivity contribution in [1.29, 1.82) is 0 Å². The first-order valence-corrected chi connectivity index (χ1v) is 9.52. The van der Waals surface area contributed by atoms with Gasteiger partial charge in [0.05, 0.1) is 18.8 Å². The lowest BCUT2D eigenvalue weighted by molar-refractivity contribution is -0.117. The fourth-order valence-electron chi connectivity index (χ4n) is 3.66. The molecule has 4 nitrogen and oxygen atoms in total. The lowest BCUT2D eigenvalue weighted by Crippen LogP contribution is -2.29. The summed E-state index contributed by atoms with van der Waals surface area (Å²) >= 11 is 0. The van der Waals surface area contributed by atoms with Gasteiger partial charge in [0.1, 0.15) is 5.82 Å². The minimum atomic E-state index is -0.315. The molecule has 1 amide bonds. The fourth-order valence-corrected chi connectivity index (χ4v) is 3.66. The lowest BCUT2D eigenvalue weighted by Gasteiger charge is -2.23. The number of carbonyl (C=O) groups excluding carboxylic acids is 1. The van der Waals surface area contributed by atoms with Gasteiger partial charge in [0, 0.05) is 17.3 Å². The standard InChI is InChI=1S/C23H22FN3O/c24-19-9-4-8-17(14-19)12-13-23(28)26-21-10-5-11-22-20(21)15-25-27(22)16-18-6-2-1-3-7-18/h1-4,6-9,12-15,21H,5,10-11,16H2,(H,26,28)/b13-12+. The molecule has 1 aliphatic carbocycles. The van der Waals surface area contributed by atoms with Crippen molar-refractivity contribution in [2.24, 2.45) is 0 Å². The molecule has 2 aromatic carbocycles. The monoisotopic (exact) mass is 375 g/mol. The van der Waals surface area contributed by atoms with Gasteiger partial charge in [-0.3, -0.25) is 9.48 Å². The zero-order valence-corrected chi connectivity index (χ0v) is 15.5. The first kappa shape index (κ1) is 18.2. The molecule has 5 heteroatoms. The molecule has 0 radical (unpaired) electrons. The average molecular weight is 375 g/mol. The zero-order chi connectivity index (χ0) is 19.3. The number of nitrogens with one attached hydrogen (secondary N) is 1. The Kier molecular flexibility index (Phi) is 5.33. The molecule has 142 valence electrons. The molecule has 0 saturated carbocycles. The maximum Gasteiger partial charge on any atom is 0.244 e. The topological polar surface area (TPSA) is 46.9 Å². The van der Waals surface area contributed by atoms with Crippen LogP contribution >= 0.6 is 0 Å². The highest BCUT2D eigenvalue weighted by atomic mass is 19.1. The summed E-state index contributed by atoms with van der Waals surface area (Å²) < 4.78 is 15.3. The van der Waals surface area contributed by atoms with E-state index in [4.69, 9.17) is 0 Å². The SMILES string of the molecule is O=C(/C=C/c1cccc(F)c1)NC1CCCc2c1cnn2Cc1ccccc1. The number of nitrogens with zero attached hydrogens (tertiary/aromatic N) is 2. The summed E-state index contributed by atoms with van der Waals surface area (Å²) in [5.74, 6) is -0.497. The number of carbonyl (C=O) groups is 1. The van der Waals surface area contributed by atoms with Gasteiger partial charge in [-0.15, -0.1) is 0 Å². The molecule has 1 atom stereocenters. The Morgan fingerprint density at radius 2 is 2.07 bits per heavy atom. The van der Waals surface area contributed by atoms with E-state index in [0.717, 1.165) is 31.4 Å². The molecule has 28 heavy (non-hydrogen) atoms. The Morgan fingerprint density at radius 3 is 2.89 bits per heavy atom. The molecule has 0 bridgehead atoms. The number of hydrogen-bond acceptors (Lipinski definition) is 2. The van der Waals surface area contributed by atoms with E-state index in [9.17, 15) is 9.18 Å². The smallest absolute Gasteiger partial charge is 0.244 e. The van der Waals surface area contributed by atoms with Crippen molar-refractivity contribution in [3.05, 3.63) is 95.1 Å². The van der Waals surface area contributed by atoms with Gasteiger partial charge in [0.25, 0.3) is 0 Å². The highest BCUT2D eigenvalue weighted by Crippen LogP contribution is 2.30. The van der Waals surface area contributed by atoms with Crippen LogP contribution in [0, 0.1) is 5.82 Å². The Hall–Kier alpha value is -3.21. The number of rotatable bonds is 5. The zero-order valence-electron chi connectivity index (χ0n) is 15.5. The minimum Gasteiger partial charge on any atom is -0.346 e. The molecule has 1 N–H and O–H groups in total. The third-order valence-electron chi connectivity index (χ3n) is 5.03. The summed E-state index contributed by atoms with van der Waals surface area (Å²) in [5, 5.41) is 7.62. The summed E-state index contributed by atoms with van der Waals surface area (Å²) in [7, 11) is 0. The summed E-state index contributed by atoms with van der Waals surface area (Å²) in [4.78, 5) is 12.4. The normalized spacial score (nSPS) is 16.1. The van der Waals surface area contributed by atoms with Gasteiger partial charge in [-0.1, -0.05) is 42.5 Å². The Labute approximate surface area is 163 Å². The van der Waals surface area contributed by atoms with Crippen LogP contribution in [0.25, 0.3) is 6.08 Å². The van der Waals surface area contributed by atoms with E-state index in [2.05, 4.69) is 22.5 Å². The summed E-state index contributed by atoms with van der Waals surface area (Å²) in [6, 6.07) is 16.4. The Bertz CT molecular complexity index is 994. The molecule has 0 saturated heterocycles. The average Bonchev–Trinajstić information content (AvgIpc) is 3.11. The van der Waals surface area contributed by atoms with Crippen LogP contribution in [-0.4, -0.2) is 15.7 Å². The van der Waals surface area contributed by atoms with Gasteiger partial charge in [-0.05, 0) is 48.6 Å². The van der Waals surface area contributed by atoms with E-state index in [1.54, 1.807) is 18.2 Å². The second kappa shape index (κ2) is 8.21. The van der Waals surface area contributed by atoms with Gasteiger partial charge in [-0.25, -0.2) is 4.39 Å². The van der Waals surface area contributed by atoms with Crippen molar-refractivity contribution in [3.8, 4) is 0 Å². The second-order valence-electron chi connectivity index (χ2n) is 7.03. The van der Waals surface area contributed by atoms with Crippen molar-refractivity contribution in [2.45, 2.75) is 31.8 Å². The maximum absolute atomic E-state index is 13.2. The molecule has 1 heterocycles. The predicted molar refractivity (Wildman–Crippen MR) is 107 cm³/mol. The molecule has 0 fully saturated rings. The number of fused-ring (bicyclic) bond motifs is 1. The number of aromatic nitrogens is 2. The molecule has 4 rings (SSSR count). The van der Waals surface area contributed by atoms with Crippen LogP contribution in [0.3, 0.4) is 0 Å². The Balaban J connectivity index is 1.45. The van der Waals surface area contributed by atoms with E-state index >= 15 is 0 Å². The summed E-state index contributed by atoms with van der Waals surface area (Å²) in [5.41, 5.74) is 4.15. The lowest BCUT2D eigenvalue weighted by atomic mass is 9.93. The quantitative estimate of drug-likeness (QED) is 0.677. The van der Waals surface area contributed by atoms with Gasteiger partial charge in [-0.2, -0.15) is 5.10 Å². The molecule has 1 unspecified atom stereocenters. The van der Waals surface area contributed by atoms with Crippen LogP contribution in [-0.2, 0) is 17.8 Å². The third-order valence-corrected chi connectivity index (χ3v) is 5.03. The molecular weight excluding hydrogens is 353 g/mol. The summed E-state index contributed by atoms with van der Waals surface area (Å²) in [6.07, 6.45) is 7.82. The number of benzene rings is 2. The van der Waals surface area contributed by atoms with Crippen molar-refractivity contribution in [3.63, 3.8) is 0 Å². The van der Waals surface area contributed by atoms with Gasteiger partial charge in [0.15, 0.2) is 0 Å². The summed E-state index contributed by atoms with van der Waals surface area (Å²) in [6.45, 7) is 0.732. The minimum absolute atomic E-state index is 0.0436. The second-order valence-corrected chi connectivity index (χ2v) is 7.03. The van der Waals surface area contributed by atoms with Crippen molar-refractivity contribution >= 4 is 12.0 Å². The van der Waals surface area contributed by atoms with Crippen LogP contribution in [0.2, 0.25) is 0 Å². The van der Waals surface area contributed by atoms with Crippen molar-refractivity contribution < 1.29 is 9.18 Å². The van der Waals surface area contributed by atoms with Gasteiger partial charge in [0.2, 0.25) is 5.91 Å². The van der Waals surface area contributed by atoms with E-state index in [1.165, 1.54) is 29.5 Å². The first-order valence-electron chi connectivity index (χ1n) is 9.52.